The molecule has 16 heteroatoms. The van der Waals surface area contributed by atoms with E-state index in [2.05, 4.69) is 20.6 Å². The lowest BCUT2D eigenvalue weighted by molar-refractivity contribution is -0.394. The second-order valence-electron chi connectivity index (χ2n) is 7.81. The van der Waals surface area contributed by atoms with Crippen molar-refractivity contribution in [1.82, 2.24) is 10.3 Å². The number of nitro benzene ring substituents is 2. The minimum absolute atomic E-state index is 0.0389. The van der Waals surface area contributed by atoms with E-state index in [9.17, 15) is 25.5 Å². The second kappa shape index (κ2) is 10.4. The lowest BCUT2D eigenvalue weighted by Crippen LogP contribution is -2.32. The van der Waals surface area contributed by atoms with Gasteiger partial charge < -0.3 is 26.3 Å². The van der Waals surface area contributed by atoms with Crippen molar-refractivity contribution >= 4 is 34.7 Å². The van der Waals surface area contributed by atoms with Crippen molar-refractivity contribution in [1.29, 1.82) is 10.5 Å². The average Bonchev–Trinajstić information content (AvgIpc) is 2.89. The highest BCUT2D eigenvalue weighted by Gasteiger charge is 2.31. The summed E-state index contributed by atoms with van der Waals surface area (Å²) < 4.78 is 11.5. The van der Waals surface area contributed by atoms with E-state index in [0.29, 0.717) is 11.1 Å². The Morgan fingerprint density at radius 2 is 1.85 bits per heavy atom. The van der Waals surface area contributed by atoms with Crippen molar-refractivity contribution in [3.05, 3.63) is 73.3 Å². The molecule has 196 valence electrons. The number of benzene rings is 2. The van der Waals surface area contributed by atoms with Gasteiger partial charge in [0.25, 0.3) is 5.69 Å². The summed E-state index contributed by atoms with van der Waals surface area (Å²) in [7, 11) is 0. The predicted octanol–water partition coefficient (Wildman–Crippen LogP) is 3.07. The molecule has 0 saturated heterocycles. The molecule has 1 aliphatic rings. The molecule has 6 N–H and O–H groups in total. The maximum Gasteiger partial charge on any atom is 0.318 e. The Morgan fingerprint density at radius 3 is 2.49 bits per heavy atom. The Morgan fingerprint density at radius 1 is 1.10 bits per heavy atom. The molecule has 1 unspecified atom stereocenters. The molecule has 39 heavy (non-hydrogen) atoms. The summed E-state index contributed by atoms with van der Waals surface area (Å²) in [6.45, 7) is 1.90. The molecule has 0 radical (unpaired) electrons. The minimum atomic E-state index is -0.876. The van der Waals surface area contributed by atoms with Gasteiger partial charge in [-0.25, -0.2) is 9.98 Å². The third-order valence-electron chi connectivity index (χ3n) is 5.51. The van der Waals surface area contributed by atoms with Gasteiger partial charge in [-0.2, -0.15) is 10.5 Å². The molecule has 0 bridgehead atoms. The zero-order chi connectivity index (χ0) is 28.3. The van der Waals surface area contributed by atoms with Gasteiger partial charge in [0.1, 0.15) is 29.3 Å². The first kappa shape index (κ1) is 25.9. The predicted molar refractivity (Wildman–Crippen MR) is 137 cm³/mol. The molecule has 0 saturated carbocycles. The number of rotatable bonds is 7. The molecular weight excluding hydrogens is 512 g/mol. The van der Waals surface area contributed by atoms with Crippen LogP contribution in [0.1, 0.15) is 29.7 Å². The Hall–Kier alpha value is -6.16. The van der Waals surface area contributed by atoms with Gasteiger partial charge in [0.15, 0.2) is 17.7 Å². The Bertz CT molecular complexity index is 1630. The topological polar surface area (TPSA) is 254 Å². The third-order valence-corrected chi connectivity index (χ3v) is 5.51. The van der Waals surface area contributed by atoms with Crippen molar-refractivity contribution in [2.45, 2.75) is 13.0 Å². The normalized spacial score (nSPS) is 13.5. The smallest absolute Gasteiger partial charge is 0.318 e. The molecule has 2 heterocycles. The first-order valence-corrected chi connectivity index (χ1v) is 11.0. The number of nitriles is 2. The molecule has 16 nitrogen and oxygen atoms in total. The molecule has 4 rings (SSSR count). The number of non-ortho nitro benzene ring substituents is 1. The molecule has 1 atom stereocenters. The highest BCUT2D eigenvalue weighted by Crippen LogP contribution is 2.44. The standard InChI is InChI=1S/C23H18N10O6/c1-2-38-17-7-11(3-5-16(17)39-15-6-4-12(32(34)35)8-14(15)33(36)37)20-18-19(26)13(9-24)21(27)30-22(18)31-23(29-20)28-10-25/h3-8,20H,2H2,1H3,(H6,26,27,28,29,30,31). The number of aromatic nitrogens is 1. The number of nitrogens with one attached hydrogen (secondary N) is 2. The lowest BCUT2D eigenvalue weighted by Gasteiger charge is -2.26. The Kier molecular flexibility index (Phi) is 6.94. The SMILES string of the molecule is CCOc1cc(C2N=C(NC#N)Nc3nc(N)c(C#N)c(N)c32)ccc1Oc1ccc([N+](=O)[O-])cc1[N+](=O)[O-]. The molecule has 0 spiro atoms. The van der Waals surface area contributed by atoms with Crippen LogP contribution in [0.25, 0.3) is 0 Å². The zero-order valence-corrected chi connectivity index (χ0v) is 20.0. The van der Waals surface area contributed by atoms with Crippen molar-refractivity contribution in [2.24, 2.45) is 4.99 Å². The number of fused-ring (bicyclic) bond motifs is 1. The minimum Gasteiger partial charge on any atom is -0.490 e. The fraction of sp³-hybridized carbons (Fsp3) is 0.130. The second-order valence-corrected chi connectivity index (χ2v) is 7.81. The van der Waals surface area contributed by atoms with Crippen LogP contribution in [-0.2, 0) is 0 Å². The number of nitrogens with zero attached hydrogens (tertiary/aromatic N) is 6. The fourth-order valence-electron chi connectivity index (χ4n) is 3.84. The van der Waals surface area contributed by atoms with Crippen LogP contribution in [0.5, 0.6) is 17.2 Å². The number of hydrogen-bond donors (Lipinski definition) is 4. The molecule has 1 aromatic heterocycles. The third kappa shape index (κ3) is 4.93. The van der Waals surface area contributed by atoms with E-state index in [1.165, 1.54) is 6.07 Å². The first-order chi connectivity index (χ1) is 18.7. The maximum absolute atomic E-state index is 11.5. The van der Waals surface area contributed by atoms with Gasteiger partial charge in [-0.1, -0.05) is 6.07 Å². The molecular formula is C23H18N10O6. The fourth-order valence-corrected chi connectivity index (χ4v) is 3.84. The van der Waals surface area contributed by atoms with E-state index >= 15 is 0 Å². The number of hydrogen-bond acceptors (Lipinski definition) is 14. The van der Waals surface area contributed by atoms with E-state index < -0.39 is 27.3 Å². The van der Waals surface area contributed by atoms with Crippen LogP contribution in [0.4, 0.5) is 28.7 Å². The molecule has 3 aromatic rings. The number of guanidine groups is 1. The van der Waals surface area contributed by atoms with Gasteiger partial charge in [-0.05, 0) is 30.7 Å². The Balaban J connectivity index is 1.82. The molecule has 0 amide bonds. The number of pyridine rings is 1. The van der Waals surface area contributed by atoms with E-state index in [1.807, 2.05) is 6.07 Å². The van der Waals surface area contributed by atoms with Crippen LogP contribution >= 0.6 is 0 Å². The maximum atomic E-state index is 11.5. The van der Waals surface area contributed by atoms with Gasteiger partial charge in [0.2, 0.25) is 11.7 Å². The number of nitrogen functional groups attached to an aromatic ring is 2. The van der Waals surface area contributed by atoms with Crippen molar-refractivity contribution < 1.29 is 19.3 Å². The van der Waals surface area contributed by atoms with E-state index in [4.69, 9.17) is 26.2 Å². The molecule has 2 aromatic carbocycles. The summed E-state index contributed by atoms with van der Waals surface area (Å²) in [5.41, 5.74) is 11.9. The van der Waals surface area contributed by atoms with Crippen LogP contribution in [0.15, 0.2) is 41.4 Å². The number of ether oxygens (including phenoxy) is 2. The average molecular weight is 530 g/mol. The molecule has 1 aliphatic heterocycles. The van der Waals surface area contributed by atoms with Crippen LogP contribution in [0, 0.1) is 43.0 Å². The van der Waals surface area contributed by atoms with Gasteiger partial charge >= 0.3 is 5.69 Å². The summed E-state index contributed by atoms with van der Waals surface area (Å²) in [6, 6.07) is 8.62. The van der Waals surface area contributed by atoms with E-state index in [-0.39, 0.29) is 52.7 Å². The van der Waals surface area contributed by atoms with Gasteiger partial charge in [0, 0.05) is 11.6 Å². The van der Waals surface area contributed by atoms with Crippen molar-refractivity contribution in [2.75, 3.05) is 23.4 Å². The number of nitrogens with two attached hydrogens (primary N) is 2. The Labute approximate surface area is 219 Å². The lowest BCUT2D eigenvalue weighted by atomic mass is 9.95. The zero-order valence-electron chi connectivity index (χ0n) is 20.0. The largest absolute Gasteiger partial charge is 0.490 e. The van der Waals surface area contributed by atoms with Gasteiger partial charge in [-0.3, -0.25) is 25.5 Å². The van der Waals surface area contributed by atoms with Crippen molar-refractivity contribution in [3.63, 3.8) is 0 Å². The monoisotopic (exact) mass is 530 g/mol. The van der Waals surface area contributed by atoms with Gasteiger partial charge in [-0.15, -0.1) is 0 Å². The number of nitro groups is 2. The summed E-state index contributed by atoms with van der Waals surface area (Å²) >= 11 is 0. The highest BCUT2D eigenvalue weighted by molar-refractivity contribution is 5.98. The first-order valence-electron chi connectivity index (χ1n) is 11.0. The van der Waals surface area contributed by atoms with Crippen LogP contribution in [0.3, 0.4) is 0 Å². The molecule has 0 fully saturated rings. The van der Waals surface area contributed by atoms with Crippen LogP contribution in [0.2, 0.25) is 0 Å². The summed E-state index contributed by atoms with van der Waals surface area (Å²) in [5, 5.41) is 46.4. The number of anilines is 3. The summed E-state index contributed by atoms with van der Waals surface area (Å²) in [4.78, 5) is 29.7. The van der Waals surface area contributed by atoms with Crippen LogP contribution < -0.4 is 31.6 Å². The van der Waals surface area contributed by atoms with Gasteiger partial charge in [0.05, 0.1) is 28.2 Å². The van der Waals surface area contributed by atoms with Crippen LogP contribution in [-0.4, -0.2) is 27.4 Å². The summed E-state index contributed by atoms with van der Waals surface area (Å²) in [6.07, 6.45) is 1.76. The van der Waals surface area contributed by atoms with Crippen molar-refractivity contribution in [3.8, 4) is 29.5 Å². The van der Waals surface area contributed by atoms with E-state index in [0.717, 1.165) is 18.2 Å². The number of aliphatic imine (C=N–C) groups is 1. The molecule has 0 aliphatic carbocycles. The quantitative estimate of drug-likeness (QED) is 0.148. The highest BCUT2D eigenvalue weighted by atomic mass is 16.6. The van der Waals surface area contributed by atoms with E-state index in [1.54, 1.807) is 25.2 Å². The summed E-state index contributed by atoms with van der Waals surface area (Å²) in [5.74, 6) is 0.115.